The zero-order valence-corrected chi connectivity index (χ0v) is 12.5. The Hall–Kier alpha value is -1.34. The number of carboxylic acid groups (broad SMARTS) is 1. The summed E-state index contributed by atoms with van der Waals surface area (Å²) in [6.45, 7) is 4.74. The lowest BCUT2D eigenvalue weighted by atomic mass is 9.78. The number of nitrogens with zero attached hydrogens (tertiary/aromatic N) is 1. The van der Waals surface area contributed by atoms with Crippen LogP contribution >= 0.6 is 0 Å². The maximum Gasteiger partial charge on any atom is 0.317 e. The lowest BCUT2D eigenvalue weighted by molar-refractivity contribution is -0.152. The molecule has 21 heavy (non-hydrogen) atoms. The molecule has 0 aliphatic carbocycles. The van der Waals surface area contributed by atoms with E-state index >= 15 is 0 Å². The molecule has 0 aromatic heterocycles. The topological polar surface area (TPSA) is 88.1 Å². The van der Waals surface area contributed by atoms with Crippen LogP contribution in [0.4, 0.5) is 4.79 Å². The van der Waals surface area contributed by atoms with Crippen LogP contribution in [-0.4, -0.2) is 67.6 Å². The molecule has 0 aromatic rings. The highest BCUT2D eigenvalue weighted by atomic mass is 16.6. The zero-order valence-electron chi connectivity index (χ0n) is 12.5. The smallest absolute Gasteiger partial charge is 0.317 e. The van der Waals surface area contributed by atoms with Gasteiger partial charge in [0.05, 0.1) is 31.3 Å². The number of urea groups is 1. The van der Waals surface area contributed by atoms with E-state index < -0.39 is 11.4 Å². The minimum Gasteiger partial charge on any atom is -0.481 e. The standard InChI is InChI=1S/C14H24N2O5/c1-2-14(12(17)18)4-3-5-16(10-14)13(19)15-8-11-9-20-6-7-21-11/h11H,2-10H2,1H3,(H,15,19)(H,17,18). The van der Waals surface area contributed by atoms with Crippen molar-refractivity contribution in [2.24, 2.45) is 5.41 Å². The molecule has 2 saturated heterocycles. The van der Waals surface area contributed by atoms with Gasteiger partial charge in [0, 0.05) is 19.6 Å². The minimum absolute atomic E-state index is 0.122. The summed E-state index contributed by atoms with van der Waals surface area (Å²) in [5.74, 6) is -0.813. The molecule has 2 aliphatic rings. The van der Waals surface area contributed by atoms with Gasteiger partial charge in [-0.05, 0) is 19.3 Å². The predicted octanol–water partition coefficient (Wildman–Crippen LogP) is 0.688. The predicted molar refractivity (Wildman–Crippen MR) is 75.1 cm³/mol. The van der Waals surface area contributed by atoms with Crippen molar-refractivity contribution in [2.45, 2.75) is 32.3 Å². The number of rotatable bonds is 4. The van der Waals surface area contributed by atoms with Crippen molar-refractivity contribution in [1.82, 2.24) is 10.2 Å². The van der Waals surface area contributed by atoms with Crippen molar-refractivity contribution in [2.75, 3.05) is 39.5 Å². The van der Waals surface area contributed by atoms with Crippen molar-refractivity contribution in [3.8, 4) is 0 Å². The number of piperidine rings is 1. The first kappa shape index (κ1) is 16.0. The van der Waals surface area contributed by atoms with Crippen molar-refractivity contribution >= 4 is 12.0 Å². The summed E-state index contributed by atoms with van der Waals surface area (Å²) < 4.78 is 10.7. The summed E-state index contributed by atoms with van der Waals surface area (Å²) in [5, 5.41) is 12.2. The van der Waals surface area contributed by atoms with E-state index in [0.717, 1.165) is 6.42 Å². The Morgan fingerprint density at radius 3 is 2.86 bits per heavy atom. The Kier molecular flexibility index (Phi) is 5.41. The maximum absolute atomic E-state index is 12.2. The van der Waals surface area contributed by atoms with E-state index in [1.807, 2.05) is 6.92 Å². The van der Waals surface area contributed by atoms with Gasteiger partial charge < -0.3 is 24.8 Å². The third-order valence-corrected chi connectivity index (χ3v) is 4.36. The fourth-order valence-corrected chi connectivity index (χ4v) is 2.89. The maximum atomic E-state index is 12.2. The fraction of sp³-hybridized carbons (Fsp3) is 0.857. The molecular weight excluding hydrogens is 276 g/mol. The van der Waals surface area contributed by atoms with E-state index in [1.54, 1.807) is 4.90 Å². The van der Waals surface area contributed by atoms with Gasteiger partial charge in [-0.15, -0.1) is 0 Å². The second-order valence-corrected chi connectivity index (χ2v) is 5.72. The molecule has 7 heteroatoms. The lowest BCUT2D eigenvalue weighted by Gasteiger charge is -2.39. The van der Waals surface area contributed by atoms with E-state index in [-0.39, 0.29) is 18.7 Å². The van der Waals surface area contributed by atoms with Crippen LogP contribution < -0.4 is 5.32 Å². The molecule has 2 rings (SSSR count). The van der Waals surface area contributed by atoms with Crippen LogP contribution in [0.15, 0.2) is 0 Å². The summed E-state index contributed by atoms with van der Waals surface area (Å²) in [4.78, 5) is 25.3. The monoisotopic (exact) mass is 300 g/mol. The van der Waals surface area contributed by atoms with Gasteiger partial charge in [-0.25, -0.2) is 4.79 Å². The zero-order chi connectivity index (χ0) is 15.3. The summed E-state index contributed by atoms with van der Waals surface area (Å²) in [7, 11) is 0. The number of aliphatic carboxylic acids is 1. The number of carboxylic acids is 1. The van der Waals surface area contributed by atoms with Crippen LogP contribution in [0.25, 0.3) is 0 Å². The average molecular weight is 300 g/mol. The molecule has 7 nitrogen and oxygen atoms in total. The molecule has 2 heterocycles. The van der Waals surface area contributed by atoms with Crippen LogP contribution in [-0.2, 0) is 14.3 Å². The number of hydrogen-bond donors (Lipinski definition) is 2. The molecule has 120 valence electrons. The van der Waals surface area contributed by atoms with E-state index in [2.05, 4.69) is 5.32 Å². The summed E-state index contributed by atoms with van der Waals surface area (Å²) >= 11 is 0. The Morgan fingerprint density at radius 2 is 2.24 bits per heavy atom. The van der Waals surface area contributed by atoms with Crippen LogP contribution in [0.5, 0.6) is 0 Å². The number of hydrogen-bond acceptors (Lipinski definition) is 4. The summed E-state index contributed by atoms with van der Waals surface area (Å²) in [6, 6.07) is -0.219. The van der Waals surface area contributed by atoms with Gasteiger partial charge in [-0.3, -0.25) is 4.79 Å². The molecule has 2 aliphatic heterocycles. The van der Waals surface area contributed by atoms with Crippen molar-refractivity contribution < 1.29 is 24.2 Å². The van der Waals surface area contributed by atoms with Crippen molar-refractivity contribution in [1.29, 1.82) is 0 Å². The van der Waals surface area contributed by atoms with Gasteiger partial charge in [0.15, 0.2) is 0 Å². The molecule has 2 amide bonds. The highest BCUT2D eigenvalue weighted by Crippen LogP contribution is 2.33. The Labute approximate surface area is 124 Å². The first-order valence-electron chi connectivity index (χ1n) is 7.53. The van der Waals surface area contributed by atoms with Crippen LogP contribution in [0.2, 0.25) is 0 Å². The van der Waals surface area contributed by atoms with E-state index in [9.17, 15) is 14.7 Å². The number of likely N-dealkylation sites (tertiary alicyclic amines) is 1. The molecule has 0 aromatic carbocycles. The van der Waals surface area contributed by atoms with Crippen LogP contribution in [0, 0.1) is 5.41 Å². The molecule has 0 spiro atoms. The van der Waals surface area contributed by atoms with Gasteiger partial charge >= 0.3 is 12.0 Å². The SMILES string of the molecule is CCC1(C(=O)O)CCCN(C(=O)NCC2COCCO2)C1. The normalized spacial score (nSPS) is 30.0. The van der Waals surface area contributed by atoms with E-state index in [1.165, 1.54) is 0 Å². The van der Waals surface area contributed by atoms with E-state index in [4.69, 9.17) is 9.47 Å². The quantitative estimate of drug-likeness (QED) is 0.797. The van der Waals surface area contributed by atoms with Gasteiger partial charge in [-0.1, -0.05) is 6.92 Å². The largest absolute Gasteiger partial charge is 0.481 e. The fourth-order valence-electron chi connectivity index (χ4n) is 2.89. The van der Waals surface area contributed by atoms with Gasteiger partial charge in [0.1, 0.15) is 0 Å². The lowest BCUT2D eigenvalue weighted by Crippen LogP contribution is -2.53. The molecule has 2 atom stereocenters. The molecular formula is C14H24N2O5. The van der Waals surface area contributed by atoms with Gasteiger partial charge in [0.2, 0.25) is 0 Å². The minimum atomic E-state index is -0.813. The molecule has 2 unspecified atom stereocenters. The second-order valence-electron chi connectivity index (χ2n) is 5.72. The first-order chi connectivity index (χ1) is 10.1. The molecule has 0 saturated carbocycles. The van der Waals surface area contributed by atoms with Gasteiger partial charge in [0.25, 0.3) is 0 Å². The summed E-state index contributed by atoms with van der Waals surface area (Å²) in [6.07, 6.45) is 1.76. The first-order valence-corrected chi connectivity index (χ1v) is 7.53. The summed E-state index contributed by atoms with van der Waals surface area (Å²) in [5.41, 5.74) is -0.806. The van der Waals surface area contributed by atoms with Crippen LogP contribution in [0.3, 0.4) is 0 Å². The van der Waals surface area contributed by atoms with Crippen molar-refractivity contribution in [3.05, 3.63) is 0 Å². The number of ether oxygens (including phenoxy) is 2. The molecule has 0 radical (unpaired) electrons. The number of nitrogens with one attached hydrogen (secondary N) is 1. The Balaban J connectivity index is 1.85. The van der Waals surface area contributed by atoms with Crippen LogP contribution in [0.1, 0.15) is 26.2 Å². The molecule has 2 fully saturated rings. The molecule has 0 bridgehead atoms. The third kappa shape index (κ3) is 3.85. The molecule has 2 N–H and O–H groups in total. The number of carbonyl (C=O) groups excluding carboxylic acids is 1. The third-order valence-electron chi connectivity index (χ3n) is 4.36. The highest BCUT2D eigenvalue weighted by Gasteiger charge is 2.42. The van der Waals surface area contributed by atoms with Gasteiger partial charge in [-0.2, -0.15) is 0 Å². The Bertz CT molecular complexity index is 384. The number of carbonyl (C=O) groups is 2. The second kappa shape index (κ2) is 7.09. The van der Waals surface area contributed by atoms with Crippen molar-refractivity contribution in [3.63, 3.8) is 0 Å². The van der Waals surface area contributed by atoms with E-state index in [0.29, 0.717) is 45.8 Å². The Morgan fingerprint density at radius 1 is 1.43 bits per heavy atom. The average Bonchev–Trinajstić information content (AvgIpc) is 2.53. The number of amides is 2. The highest BCUT2D eigenvalue weighted by molar-refractivity contribution is 5.78.